The highest BCUT2D eigenvalue weighted by Gasteiger charge is 2.47. The Morgan fingerprint density at radius 1 is 0.522 bits per heavy atom. The monoisotopic (exact) mass is 1910 g/mol. The van der Waals surface area contributed by atoms with Crippen molar-refractivity contribution in [3.63, 3.8) is 0 Å². The molecule has 0 bridgehead atoms. The van der Waals surface area contributed by atoms with Gasteiger partial charge < -0.3 is 131 Å². The Balaban J connectivity index is 1.11. The molecule has 9 rings (SSSR count). The van der Waals surface area contributed by atoms with E-state index in [1.54, 1.807) is 85.2 Å². The molecule has 740 valence electrons. The fraction of sp³-hybridized carbons (Fsp3) is 0.543. The zero-order valence-electron chi connectivity index (χ0n) is 77.8. The third-order valence-electron chi connectivity index (χ3n) is 24.7. The molecular formula is C92H131N23O20S. The molecule has 3 aromatic carbocycles. The number of para-hydroxylation sites is 2. The zero-order valence-corrected chi connectivity index (χ0v) is 78.7. The molecule has 6 heterocycles. The first kappa shape index (κ1) is 107. The molecule has 6 aromatic rings. The van der Waals surface area contributed by atoms with Crippen molar-refractivity contribution in [2.75, 3.05) is 79.0 Å². The average Bonchev–Trinajstić information content (AvgIpc) is 1.60. The number of aliphatic carboxylic acids is 1. The number of unbranched alkanes of at least 4 members (excludes halogenated alkanes) is 3. The lowest BCUT2D eigenvalue weighted by molar-refractivity contribution is -0.149. The van der Waals surface area contributed by atoms with Crippen LogP contribution >= 0.6 is 11.8 Å². The van der Waals surface area contributed by atoms with E-state index >= 15 is 38.4 Å². The van der Waals surface area contributed by atoms with E-state index in [1.165, 1.54) is 52.6 Å². The number of H-pyrrole nitrogens is 3. The number of imidazole rings is 1. The largest absolute Gasteiger partial charge is 0.497 e. The molecule has 0 spiro atoms. The van der Waals surface area contributed by atoms with Crippen molar-refractivity contribution in [2.24, 2.45) is 22.9 Å². The quantitative estimate of drug-likeness (QED) is 0.0223. The van der Waals surface area contributed by atoms with Crippen molar-refractivity contribution in [2.45, 2.75) is 240 Å². The molecule has 0 aliphatic carbocycles. The highest BCUT2D eigenvalue weighted by Crippen LogP contribution is 2.28. The number of carboxylic acids is 1. The third-order valence-corrected chi connectivity index (χ3v) is 25.8. The molecule has 0 saturated carbocycles. The number of hydrogen-bond acceptors (Lipinski definition) is 24. The molecule has 3 aromatic heterocycles. The van der Waals surface area contributed by atoms with E-state index in [1.807, 2.05) is 13.8 Å². The molecule has 44 heteroatoms. The van der Waals surface area contributed by atoms with E-state index in [9.17, 15) is 53.4 Å². The summed E-state index contributed by atoms with van der Waals surface area (Å²) in [5.41, 5.74) is 26.6. The Morgan fingerprint density at radius 3 is 1.65 bits per heavy atom. The smallest absolute Gasteiger partial charge is 0.305 e. The molecule has 136 heavy (non-hydrogen) atoms. The van der Waals surface area contributed by atoms with Crippen molar-refractivity contribution in [1.82, 2.24) is 97.6 Å². The van der Waals surface area contributed by atoms with Crippen LogP contribution in [0.4, 0.5) is 0 Å². The number of aromatic amines is 3. The van der Waals surface area contributed by atoms with Gasteiger partial charge in [-0.15, -0.1) is 11.8 Å². The van der Waals surface area contributed by atoms with Crippen LogP contribution in [0.15, 0.2) is 97.7 Å². The van der Waals surface area contributed by atoms with Crippen LogP contribution in [-0.2, 0) is 107 Å². The minimum atomic E-state index is -2.04. The van der Waals surface area contributed by atoms with E-state index in [0.29, 0.717) is 82.0 Å². The topological polar surface area (TPSA) is 641 Å². The Bertz CT molecular complexity index is 5150. The van der Waals surface area contributed by atoms with E-state index in [-0.39, 0.29) is 115 Å². The van der Waals surface area contributed by atoms with Crippen LogP contribution < -0.4 is 80.8 Å². The summed E-state index contributed by atoms with van der Waals surface area (Å²) in [4.78, 5) is 270. The number of rotatable bonds is 29. The first-order valence-electron chi connectivity index (χ1n) is 46.1. The second-order valence-corrected chi connectivity index (χ2v) is 35.6. The maximum Gasteiger partial charge on any atom is 0.305 e. The first-order valence-corrected chi connectivity index (χ1v) is 47.3. The molecule has 0 unspecified atom stereocenters. The molecular weight excluding hydrogens is 1780 g/mol. The minimum absolute atomic E-state index is 0.00140. The predicted octanol–water partition coefficient (Wildman–Crippen LogP) is -2.11. The number of carbonyl (C=O) groups is 17. The summed E-state index contributed by atoms with van der Waals surface area (Å²) in [5, 5.41) is 50.1. The number of methoxy groups -OCH3 is 1. The molecule has 3 aliphatic heterocycles. The van der Waals surface area contributed by atoms with Gasteiger partial charge in [-0.25, -0.2) is 4.98 Å². The van der Waals surface area contributed by atoms with Crippen LogP contribution in [0.3, 0.4) is 0 Å². The Morgan fingerprint density at radius 2 is 1.05 bits per heavy atom. The lowest BCUT2D eigenvalue weighted by atomic mass is 9.99. The zero-order chi connectivity index (χ0) is 99.0. The normalized spacial score (nSPS) is 24.7. The molecule has 3 aliphatic rings. The van der Waals surface area contributed by atoms with Crippen molar-refractivity contribution in [1.29, 1.82) is 0 Å². The van der Waals surface area contributed by atoms with Gasteiger partial charge in [-0.2, -0.15) is 0 Å². The maximum atomic E-state index is 15.8. The number of fused-ring (bicyclic) bond motifs is 4. The number of ether oxygens (including phenoxy) is 1. The van der Waals surface area contributed by atoms with Crippen LogP contribution in [0.2, 0.25) is 0 Å². The molecule has 43 nitrogen and oxygen atoms in total. The Labute approximate surface area is 791 Å². The number of carbonyl (C=O) groups excluding carboxylic acids is 16. The van der Waals surface area contributed by atoms with Crippen molar-refractivity contribution >= 4 is 134 Å². The van der Waals surface area contributed by atoms with Crippen molar-refractivity contribution < 1.29 is 96.5 Å². The summed E-state index contributed by atoms with van der Waals surface area (Å²) in [5.74, 6) is -16.5. The van der Waals surface area contributed by atoms with E-state index < -0.39 is 223 Å². The SMILES string of the molecule is CCCC[C@H]1C(=O)N(C)[C@@H](CCCC)C(=O)N[C@@H](CCCN)C(=O)N[C@H](C(=O)NCC(N)=O)CSCC(=O)N[C@@H](Cc2ccc(OC)cc2)C(=O)N(C)[C@@H](C)C(=O)N[C@H](CCN)C(=O)N2CCC[C@H]2C(=O)N[C@@H](Cc2cnc[nH]2)C(=O)N[C@@H](CCCCN)C(=O)N2C[C@H](O)C[C@H]2C(=O)N[C@@H](Cc2c[nH]c3ccccc23)C(=O)N[C@@H](CC(=O)O)C(=O)N[C@@H](Cc2c[nH]c3ccccc23)C(=O)N1C. The fourth-order valence-corrected chi connectivity index (χ4v) is 17.8. The summed E-state index contributed by atoms with van der Waals surface area (Å²) in [6.07, 6.45) is 4.05. The second-order valence-electron chi connectivity index (χ2n) is 34.6. The van der Waals surface area contributed by atoms with E-state index in [0.717, 1.165) is 31.4 Å². The van der Waals surface area contributed by atoms with Gasteiger partial charge in [0.1, 0.15) is 90.3 Å². The lowest BCUT2D eigenvalue weighted by Gasteiger charge is -2.36. The number of carboxylic acid groups (broad SMARTS) is 1. The lowest BCUT2D eigenvalue weighted by Crippen LogP contribution is -2.61. The number of nitrogens with two attached hydrogens (primary N) is 4. The molecule has 0 radical (unpaired) electrons. The van der Waals surface area contributed by atoms with Crippen LogP contribution in [0, 0.1) is 0 Å². The predicted molar refractivity (Wildman–Crippen MR) is 502 cm³/mol. The molecule has 3 fully saturated rings. The van der Waals surface area contributed by atoms with Crippen LogP contribution in [0.25, 0.3) is 21.8 Å². The van der Waals surface area contributed by atoms with Gasteiger partial charge in [0.25, 0.3) is 0 Å². The summed E-state index contributed by atoms with van der Waals surface area (Å²) < 4.78 is 5.36. The number of aliphatic hydroxyl groups excluding tert-OH is 1. The Hall–Kier alpha value is -13.1. The number of thioether (sulfide) groups is 1. The number of hydrogen-bond donors (Lipinski definition) is 19. The van der Waals surface area contributed by atoms with Crippen molar-refractivity contribution in [3.8, 4) is 5.75 Å². The summed E-state index contributed by atoms with van der Waals surface area (Å²) >= 11 is 0.815. The van der Waals surface area contributed by atoms with Gasteiger partial charge in [0.05, 0.1) is 38.3 Å². The number of benzene rings is 3. The highest BCUT2D eigenvalue weighted by atomic mass is 32.2. The molecule has 23 N–H and O–H groups in total. The minimum Gasteiger partial charge on any atom is -0.497 e. The van der Waals surface area contributed by atoms with Gasteiger partial charge in [0.2, 0.25) is 94.5 Å². The fourth-order valence-electron chi connectivity index (χ4n) is 17.0. The number of nitrogens with one attached hydrogen (secondary N) is 13. The number of nitrogens with zero attached hydrogens (tertiary/aromatic N) is 6. The van der Waals surface area contributed by atoms with Gasteiger partial charge in [-0.05, 0) is 132 Å². The van der Waals surface area contributed by atoms with Gasteiger partial charge >= 0.3 is 5.97 Å². The summed E-state index contributed by atoms with van der Waals surface area (Å²) in [7, 11) is 5.43. The number of likely N-dealkylation sites (N-methyl/N-ethyl adjacent to an activating group) is 3. The molecule has 15 atom stereocenters. The van der Waals surface area contributed by atoms with Crippen molar-refractivity contribution in [3.05, 3.63) is 120 Å². The molecule has 3 saturated heterocycles. The van der Waals surface area contributed by atoms with Crippen LogP contribution in [0.1, 0.15) is 146 Å². The van der Waals surface area contributed by atoms with E-state index in [4.69, 9.17) is 27.7 Å². The molecule has 16 amide bonds. The highest BCUT2D eigenvalue weighted by molar-refractivity contribution is 8.00. The number of aliphatic hydroxyl groups is 1. The number of aromatic nitrogens is 4. The second kappa shape index (κ2) is 52.1. The maximum absolute atomic E-state index is 15.8. The average molecular weight is 1910 g/mol. The third kappa shape index (κ3) is 29.5. The van der Waals surface area contributed by atoms with Gasteiger partial charge in [-0.3, -0.25) is 81.5 Å². The van der Waals surface area contributed by atoms with Gasteiger partial charge in [0.15, 0.2) is 0 Å². The standard InChI is InChI=1S/C92H131N23O20S/c1-8-10-26-72-85(127)103-63(25-18-35-94)81(123)110-71(80(122)100-47-76(96)117)49-136-50-77(118)102-69(38-53-29-31-58(135-7)32-30-53)88(130)111(4)52(3)79(121)104-65(33-36-95)90(132)114-37-19-28-73(114)86(128)108-67(41-56-46-97-51-101-56)83(125)105-64(24-16-17-34-93)91(133)115-48-57(116)42-75(115)87(129)107-66(39-54-44-98-61-22-14-12-20-59(54)61)82(124)106-68(43-78(119)120)84(126)109-70(40-55-45-99-62-23-15-13-21-60(55)62)89(131)113(6)74(27-11-9-2)92(134)112(72)5/h12-15,20-23,29-32,44-46,51-52,57,63-75,98-99,116H,8-11,16-19,24-28,33-43,47-50,93-95H2,1-7H3,(H2,96,117)(H,97,101)(H,100,122)(H,102,118)(H,103,127)(H,104,121)(H,105,125)(H,106,124)(H,107,129)(H,108,128)(H,109,126)(H,110,123)(H,119,120)/t52-,57+,63-,64-,65+,66-,67-,68-,69-,70-,71-,72-,73-,74-,75-/m0/s1. The Kier molecular flexibility index (Phi) is 40.9. The van der Waals surface area contributed by atoms with Crippen LogP contribution in [0.5, 0.6) is 5.75 Å². The van der Waals surface area contributed by atoms with Gasteiger partial charge in [-0.1, -0.05) is 88.1 Å². The summed E-state index contributed by atoms with van der Waals surface area (Å²) in [6, 6.07) is -0.830. The first-order chi connectivity index (χ1) is 65.1. The number of primary amides is 1. The number of amides is 16. The van der Waals surface area contributed by atoms with E-state index in [2.05, 4.69) is 73.1 Å². The van der Waals surface area contributed by atoms with Gasteiger partial charge in [0, 0.05) is 118 Å². The summed E-state index contributed by atoms with van der Waals surface area (Å²) in [6.45, 7) is 3.85. The van der Waals surface area contributed by atoms with Crippen LogP contribution in [-0.4, -0.2) is 325 Å².